The number of methoxy groups -OCH3 is 2. The molecule has 0 spiro atoms. The number of carbonyl (C=O) groups is 2. The van der Waals surface area contributed by atoms with E-state index in [0.29, 0.717) is 34.0 Å². The first-order valence-corrected chi connectivity index (χ1v) is 8.74. The molecule has 2 aliphatic heterocycles. The van der Waals surface area contributed by atoms with E-state index in [0.717, 1.165) is 0 Å². The number of rotatable bonds is 4. The minimum Gasteiger partial charge on any atom is -0.493 e. The van der Waals surface area contributed by atoms with Crippen LogP contribution in [0.5, 0.6) is 11.5 Å². The van der Waals surface area contributed by atoms with E-state index in [4.69, 9.17) is 14.2 Å². The van der Waals surface area contributed by atoms with E-state index in [1.54, 1.807) is 12.1 Å². The van der Waals surface area contributed by atoms with Gasteiger partial charge in [-0.2, -0.15) is 0 Å². The van der Waals surface area contributed by atoms with Gasteiger partial charge in [-0.15, -0.1) is 0 Å². The maximum absolute atomic E-state index is 13.3. The molecule has 0 radical (unpaired) electrons. The normalized spacial score (nSPS) is 18.8. The maximum atomic E-state index is 13.3. The second kappa shape index (κ2) is 6.99. The van der Waals surface area contributed by atoms with E-state index in [-0.39, 0.29) is 18.9 Å². The molecular weight excluding hydrogens is 365 g/mol. The molecule has 2 aromatic carbocycles. The molecule has 2 heterocycles. The smallest absolute Gasteiger partial charge is 0.336 e. The van der Waals surface area contributed by atoms with Gasteiger partial charge in [0.05, 0.1) is 25.5 Å². The lowest BCUT2D eigenvalue weighted by Crippen LogP contribution is -2.37. The summed E-state index contributed by atoms with van der Waals surface area (Å²) in [6.07, 6.45) is 0.0504. The predicted molar refractivity (Wildman–Crippen MR) is 98.8 cm³/mol. The monoisotopic (exact) mass is 383 g/mol. The van der Waals surface area contributed by atoms with Gasteiger partial charge in [0.15, 0.2) is 11.5 Å². The Morgan fingerprint density at radius 3 is 2.50 bits per heavy atom. The molecule has 0 unspecified atom stereocenters. The highest BCUT2D eigenvalue weighted by molar-refractivity contribution is 6.06. The molecule has 0 saturated carbocycles. The lowest BCUT2D eigenvalue weighted by molar-refractivity contribution is -0.136. The molecular formula is C21H18FNO5. The van der Waals surface area contributed by atoms with Gasteiger partial charge in [-0.05, 0) is 30.3 Å². The summed E-state index contributed by atoms with van der Waals surface area (Å²) in [5.41, 5.74) is 2.06. The highest BCUT2D eigenvalue weighted by Crippen LogP contribution is 2.46. The van der Waals surface area contributed by atoms with Crippen molar-refractivity contribution in [1.29, 1.82) is 0 Å². The molecule has 0 N–H and O–H groups in total. The number of anilines is 1. The van der Waals surface area contributed by atoms with Gasteiger partial charge < -0.3 is 14.2 Å². The number of benzene rings is 2. The van der Waals surface area contributed by atoms with Gasteiger partial charge in [-0.1, -0.05) is 12.1 Å². The second-order valence-electron chi connectivity index (χ2n) is 6.48. The first kappa shape index (κ1) is 18.0. The summed E-state index contributed by atoms with van der Waals surface area (Å²) in [4.78, 5) is 27.0. The largest absolute Gasteiger partial charge is 0.493 e. The van der Waals surface area contributed by atoms with E-state index >= 15 is 0 Å². The molecule has 0 bridgehead atoms. The quantitative estimate of drug-likeness (QED) is 0.759. The van der Waals surface area contributed by atoms with E-state index < -0.39 is 17.7 Å². The first-order valence-electron chi connectivity index (χ1n) is 8.74. The Morgan fingerprint density at radius 1 is 1.07 bits per heavy atom. The van der Waals surface area contributed by atoms with Crippen molar-refractivity contribution in [2.75, 3.05) is 25.7 Å². The van der Waals surface area contributed by atoms with Crippen molar-refractivity contribution in [3.63, 3.8) is 0 Å². The van der Waals surface area contributed by atoms with Gasteiger partial charge in [0.25, 0.3) is 0 Å². The van der Waals surface area contributed by atoms with E-state index in [9.17, 15) is 14.0 Å². The molecule has 0 aliphatic carbocycles. The van der Waals surface area contributed by atoms with Gasteiger partial charge in [0, 0.05) is 23.6 Å². The van der Waals surface area contributed by atoms with Crippen LogP contribution in [0.1, 0.15) is 17.9 Å². The second-order valence-corrected chi connectivity index (χ2v) is 6.48. The molecule has 0 aromatic heterocycles. The van der Waals surface area contributed by atoms with Crippen molar-refractivity contribution in [3.05, 3.63) is 65.1 Å². The number of halogens is 1. The fourth-order valence-electron chi connectivity index (χ4n) is 3.80. The fourth-order valence-corrected chi connectivity index (χ4v) is 3.80. The van der Waals surface area contributed by atoms with Crippen LogP contribution < -0.4 is 14.4 Å². The molecule has 6 nitrogen and oxygen atoms in total. The third-order valence-electron chi connectivity index (χ3n) is 5.01. The van der Waals surface area contributed by atoms with Gasteiger partial charge >= 0.3 is 5.97 Å². The van der Waals surface area contributed by atoms with Crippen LogP contribution in [0.2, 0.25) is 0 Å². The van der Waals surface area contributed by atoms with Gasteiger partial charge in [0.2, 0.25) is 5.91 Å². The van der Waals surface area contributed by atoms with Crippen molar-refractivity contribution in [1.82, 2.24) is 0 Å². The SMILES string of the molecule is COc1cccc([C@@H]2CC(=O)N(c3ccc(F)cc3)C3=C2C(=O)OC3)c1OC. The third-order valence-corrected chi connectivity index (χ3v) is 5.01. The average molecular weight is 383 g/mol. The topological polar surface area (TPSA) is 65.1 Å². The fraction of sp³-hybridized carbons (Fsp3) is 0.238. The van der Waals surface area contributed by atoms with Crippen molar-refractivity contribution >= 4 is 17.6 Å². The molecule has 1 atom stereocenters. The summed E-state index contributed by atoms with van der Waals surface area (Å²) in [5.74, 6) is -0.603. The number of amides is 1. The summed E-state index contributed by atoms with van der Waals surface area (Å²) >= 11 is 0. The minimum absolute atomic E-state index is 0.0138. The van der Waals surface area contributed by atoms with E-state index in [1.807, 2.05) is 6.07 Å². The lowest BCUT2D eigenvalue weighted by Gasteiger charge is -2.32. The van der Waals surface area contributed by atoms with Crippen LogP contribution in [0.3, 0.4) is 0 Å². The number of carbonyl (C=O) groups excluding carboxylic acids is 2. The standard InChI is InChI=1S/C21H18FNO5/c1-26-17-5-3-4-14(20(17)27-2)15-10-18(24)23(13-8-6-12(22)7-9-13)16-11-28-21(25)19(15)16/h3-9,15H,10-11H2,1-2H3/t15-/m0/s1. The Labute approximate surface area is 161 Å². The molecule has 0 saturated heterocycles. The van der Waals surface area contributed by atoms with Crippen LogP contribution in [-0.4, -0.2) is 32.7 Å². The molecule has 144 valence electrons. The Kier molecular flexibility index (Phi) is 4.50. The van der Waals surface area contributed by atoms with Crippen molar-refractivity contribution in [2.24, 2.45) is 0 Å². The number of hydrogen-bond donors (Lipinski definition) is 0. The molecule has 0 fully saturated rings. The number of ether oxygens (including phenoxy) is 3. The molecule has 1 amide bonds. The van der Waals surface area contributed by atoms with Crippen LogP contribution in [0.25, 0.3) is 0 Å². The van der Waals surface area contributed by atoms with Crippen LogP contribution in [0, 0.1) is 5.82 Å². The zero-order valence-electron chi connectivity index (χ0n) is 15.4. The highest BCUT2D eigenvalue weighted by Gasteiger charge is 2.44. The zero-order chi connectivity index (χ0) is 19.8. The number of esters is 1. The molecule has 4 rings (SSSR count). The summed E-state index contributed by atoms with van der Waals surface area (Å²) in [6, 6.07) is 10.9. The van der Waals surface area contributed by atoms with Crippen molar-refractivity contribution in [3.8, 4) is 11.5 Å². The number of para-hydroxylation sites is 1. The van der Waals surface area contributed by atoms with Crippen molar-refractivity contribution < 1.29 is 28.2 Å². The van der Waals surface area contributed by atoms with E-state index in [2.05, 4.69) is 0 Å². The van der Waals surface area contributed by atoms with Gasteiger partial charge in [-0.25, -0.2) is 9.18 Å². The lowest BCUT2D eigenvalue weighted by atomic mass is 9.83. The Morgan fingerprint density at radius 2 is 1.82 bits per heavy atom. The van der Waals surface area contributed by atoms with E-state index in [1.165, 1.54) is 43.4 Å². The zero-order valence-corrected chi connectivity index (χ0v) is 15.4. The van der Waals surface area contributed by atoms with Crippen molar-refractivity contribution in [2.45, 2.75) is 12.3 Å². The molecule has 2 aromatic rings. The van der Waals surface area contributed by atoms with Gasteiger partial charge in [0.1, 0.15) is 12.4 Å². The van der Waals surface area contributed by atoms with Crippen LogP contribution >= 0.6 is 0 Å². The molecule has 2 aliphatic rings. The number of hydrogen-bond acceptors (Lipinski definition) is 5. The summed E-state index contributed by atoms with van der Waals surface area (Å²) < 4.78 is 29.4. The van der Waals surface area contributed by atoms with Crippen LogP contribution in [0.15, 0.2) is 53.7 Å². The van der Waals surface area contributed by atoms with Crippen LogP contribution in [-0.2, 0) is 14.3 Å². The number of nitrogens with zero attached hydrogens (tertiary/aromatic N) is 1. The Bertz CT molecular complexity index is 983. The summed E-state index contributed by atoms with van der Waals surface area (Å²) in [5, 5.41) is 0. The third kappa shape index (κ3) is 2.79. The van der Waals surface area contributed by atoms with Gasteiger partial charge in [-0.3, -0.25) is 9.69 Å². The average Bonchev–Trinajstić information content (AvgIpc) is 3.09. The predicted octanol–water partition coefficient (Wildman–Crippen LogP) is 3.17. The maximum Gasteiger partial charge on any atom is 0.336 e. The molecule has 7 heteroatoms. The summed E-state index contributed by atoms with van der Waals surface area (Å²) in [6.45, 7) is -0.0138. The first-order chi connectivity index (χ1) is 13.5. The van der Waals surface area contributed by atoms with Crippen LogP contribution in [0.4, 0.5) is 10.1 Å². The Balaban J connectivity index is 1.85. The minimum atomic E-state index is -0.515. The summed E-state index contributed by atoms with van der Waals surface area (Å²) in [7, 11) is 3.04. The highest BCUT2D eigenvalue weighted by atomic mass is 19.1. The Hall–Kier alpha value is -3.35. The number of cyclic esters (lactones) is 1. The molecule has 28 heavy (non-hydrogen) atoms.